The zero-order valence-corrected chi connectivity index (χ0v) is 15.8. The fraction of sp³-hybridized carbons (Fsp3) is 0.952. The molecule has 0 aliphatic heterocycles. The van der Waals surface area contributed by atoms with Gasteiger partial charge in [0.25, 0.3) is 0 Å². The molecule has 132 valence electrons. The molecule has 0 saturated carbocycles. The molecular formula is C21H42O. The van der Waals surface area contributed by atoms with Crippen LogP contribution in [0.4, 0.5) is 0 Å². The molecule has 0 atom stereocenters. The largest absolute Gasteiger partial charge is 0.300 e. The van der Waals surface area contributed by atoms with Gasteiger partial charge in [0.2, 0.25) is 0 Å². The molecule has 0 fully saturated rings. The Morgan fingerprint density at radius 3 is 1.36 bits per heavy atom. The Bertz CT molecular complexity index is 230. The summed E-state index contributed by atoms with van der Waals surface area (Å²) >= 11 is 0. The van der Waals surface area contributed by atoms with E-state index in [1.165, 1.54) is 89.9 Å². The lowest BCUT2D eigenvalue weighted by molar-refractivity contribution is -0.117. The van der Waals surface area contributed by atoms with Gasteiger partial charge in [0.1, 0.15) is 5.78 Å². The molecule has 22 heavy (non-hydrogen) atoms. The van der Waals surface area contributed by atoms with Crippen LogP contribution in [0.2, 0.25) is 0 Å². The highest BCUT2D eigenvalue weighted by Gasteiger charge is 2.02. The molecule has 0 aromatic carbocycles. The number of hydrogen-bond acceptors (Lipinski definition) is 1. The first-order valence-electron chi connectivity index (χ1n) is 10.2. The van der Waals surface area contributed by atoms with E-state index >= 15 is 0 Å². The highest BCUT2D eigenvalue weighted by atomic mass is 16.1. The van der Waals surface area contributed by atoms with Crippen molar-refractivity contribution in [2.75, 3.05) is 0 Å². The van der Waals surface area contributed by atoms with Gasteiger partial charge in [0.15, 0.2) is 0 Å². The maximum atomic E-state index is 10.8. The first-order valence-corrected chi connectivity index (χ1v) is 10.2. The van der Waals surface area contributed by atoms with Crippen LogP contribution in [0.15, 0.2) is 0 Å². The number of Topliss-reactive ketones (excluding diaryl/α,β-unsaturated/α-hetero) is 1. The van der Waals surface area contributed by atoms with E-state index in [4.69, 9.17) is 0 Å². The van der Waals surface area contributed by atoms with Gasteiger partial charge in [0, 0.05) is 6.42 Å². The first-order chi connectivity index (χ1) is 10.7. The monoisotopic (exact) mass is 310 g/mol. The Morgan fingerprint density at radius 2 is 1.00 bits per heavy atom. The summed E-state index contributed by atoms with van der Waals surface area (Å²) in [6, 6.07) is 0. The van der Waals surface area contributed by atoms with Crippen LogP contribution in [0.3, 0.4) is 0 Å². The van der Waals surface area contributed by atoms with Gasteiger partial charge < -0.3 is 4.79 Å². The normalized spacial score (nSPS) is 11.3. The van der Waals surface area contributed by atoms with Gasteiger partial charge in [-0.2, -0.15) is 0 Å². The summed E-state index contributed by atoms with van der Waals surface area (Å²) in [5.74, 6) is 1.33. The number of carbonyl (C=O) groups is 1. The molecule has 0 aromatic heterocycles. The van der Waals surface area contributed by atoms with Crippen molar-refractivity contribution in [2.24, 2.45) is 5.92 Å². The smallest absolute Gasteiger partial charge is 0.129 e. The van der Waals surface area contributed by atoms with Gasteiger partial charge in [-0.3, -0.25) is 0 Å². The minimum atomic E-state index is 0.347. The zero-order valence-electron chi connectivity index (χ0n) is 15.8. The van der Waals surface area contributed by atoms with Crippen LogP contribution in [0, 0.1) is 5.92 Å². The van der Waals surface area contributed by atoms with Gasteiger partial charge in [0.05, 0.1) is 0 Å². The van der Waals surface area contributed by atoms with E-state index in [0.29, 0.717) is 5.78 Å². The third kappa shape index (κ3) is 16.0. The molecule has 0 rings (SSSR count). The predicted octanol–water partition coefficient (Wildman–Crippen LogP) is 7.47. The molecule has 1 nitrogen and oxygen atoms in total. The van der Waals surface area contributed by atoms with Gasteiger partial charge in [-0.25, -0.2) is 0 Å². The van der Waals surface area contributed by atoms with Crippen LogP contribution in [-0.2, 0) is 4.79 Å². The van der Waals surface area contributed by atoms with Gasteiger partial charge in [-0.15, -0.1) is 0 Å². The SMILES string of the molecule is CCC(CC)CCCCCCCCCCCCCCC(C)=O. The molecule has 0 saturated heterocycles. The van der Waals surface area contributed by atoms with E-state index in [1.807, 2.05) is 0 Å². The second-order valence-corrected chi connectivity index (χ2v) is 7.17. The van der Waals surface area contributed by atoms with E-state index in [1.54, 1.807) is 6.92 Å². The molecule has 0 amide bonds. The van der Waals surface area contributed by atoms with Gasteiger partial charge in [-0.05, 0) is 19.3 Å². The van der Waals surface area contributed by atoms with E-state index in [2.05, 4.69) is 13.8 Å². The van der Waals surface area contributed by atoms with Crippen LogP contribution in [-0.4, -0.2) is 5.78 Å². The predicted molar refractivity (Wildman–Crippen MR) is 99.4 cm³/mol. The topological polar surface area (TPSA) is 17.1 Å². The van der Waals surface area contributed by atoms with Crippen LogP contribution >= 0.6 is 0 Å². The number of carbonyl (C=O) groups excluding carboxylic acids is 1. The molecule has 0 N–H and O–H groups in total. The van der Waals surface area contributed by atoms with Crippen LogP contribution in [0.25, 0.3) is 0 Å². The molecule has 1 heteroatoms. The maximum absolute atomic E-state index is 10.8. The Balaban J connectivity index is 3.07. The van der Waals surface area contributed by atoms with Crippen molar-refractivity contribution in [1.82, 2.24) is 0 Å². The summed E-state index contributed by atoms with van der Waals surface area (Å²) in [6.07, 6.45) is 21.5. The van der Waals surface area contributed by atoms with E-state index in [-0.39, 0.29) is 0 Å². The van der Waals surface area contributed by atoms with Crippen LogP contribution in [0.1, 0.15) is 124 Å². The summed E-state index contributed by atoms with van der Waals surface area (Å²) in [5, 5.41) is 0. The van der Waals surface area contributed by atoms with Gasteiger partial charge in [-0.1, -0.05) is 104 Å². The van der Waals surface area contributed by atoms with Crippen molar-refractivity contribution in [3.63, 3.8) is 0 Å². The Morgan fingerprint density at radius 1 is 0.636 bits per heavy atom. The Kier molecular flexibility index (Phi) is 16.8. The minimum absolute atomic E-state index is 0.347. The molecule has 0 unspecified atom stereocenters. The third-order valence-electron chi connectivity index (χ3n) is 5.05. The molecule has 0 heterocycles. The summed E-state index contributed by atoms with van der Waals surface area (Å²) in [7, 11) is 0. The molecule has 0 bridgehead atoms. The Labute approximate surface area is 140 Å². The van der Waals surface area contributed by atoms with E-state index in [0.717, 1.165) is 18.8 Å². The van der Waals surface area contributed by atoms with Crippen molar-refractivity contribution in [3.8, 4) is 0 Å². The van der Waals surface area contributed by atoms with Crippen molar-refractivity contribution in [3.05, 3.63) is 0 Å². The Hall–Kier alpha value is -0.330. The minimum Gasteiger partial charge on any atom is -0.300 e. The second-order valence-electron chi connectivity index (χ2n) is 7.17. The average molecular weight is 311 g/mol. The fourth-order valence-corrected chi connectivity index (χ4v) is 3.27. The van der Waals surface area contributed by atoms with E-state index in [9.17, 15) is 4.79 Å². The van der Waals surface area contributed by atoms with E-state index < -0.39 is 0 Å². The standard InChI is InChI=1S/C21H42O/c1-4-21(5-2)19-17-15-13-11-9-7-6-8-10-12-14-16-18-20(3)22/h21H,4-19H2,1-3H3. The zero-order chi connectivity index (χ0) is 16.5. The van der Waals surface area contributed by atoms with Crippen LogP contribution < -0.4 is 0 Å². The maximum Gasteiger partial charge on any atom is 0.129 e. The second kappa shape index (κ2) is 17.0. The quantitative estimate of drug-likeness (QED) is 0.255. The number of ketones is 1. The number of unbranched alkanes of at least 4 members (excludes halogenated alkanes) is 11. The fourth-order valence-electron chi connectivity index (χ4n) is 3.27. The third-order valence-corrected chi connectivity index (χ3v) is 5.05. The van der Waals surface area contributed by atoms with Gasteiger partial charge >= 0.3 is 0 Å². The molecular weight excluding hydrogens is 268 g/mol. The van der Waals surface area contributed by atoms with Crippen molar-refractivity contribution < 1.29 is 4.79 Å². The first kappa shape index (κ1) is 21.7. The molecule has 0 aromatic rings. The lowest BCUT2D eigenvalue weighted by Gasteiger charge is -2.11. The summed E-state index contributed by atoms with van der Waals surface area (Å²) < 4.78 is 0. The lowest BCUT2D eigenvalue weighted by atomic mass is 9.95. The molecule has 0 aliphatic carbocycles. The summed E-state index contributed by atoms with van der Waals surface area (Å²) in [5.41, 5.74) is 0. The van der Waals surface area contributed by atoms with Crippen molar-refractivity contribution >= 4 is 5.78 Å². The molecule has 0 spiro atoms. The van der Waals surface area contributed by atoms with Crippen LogP contribution in [0.5, 0.6) is 0 Å². The number of rotatable bonds is 17. The molecule has 0 radical (unpaired) electrons. The summed E-state index contributed by atoms with van der Waals surface area (Å²) in [6.45, 7) is 6.36. The van der Waals surface area contributed by atoms with Crippen molar-refractivity contribution in [2.45, 2.75) is 124 Å². The highest BCUT2D eigenvalue weighted by Crippen LogP contribution is 2.18. The van der Waals surface area contributed by atoms with Crippen molar-refractivity contribution in [1.29, 1.82) is 0 Å². The highest BCUT2D eigenvalue weighted by molar-refractivity contribution is 5.75. The molecule has 0 aliphatic rings. The number of hydrogen-bond donors (Lipinski definition) is 0. The summed E-state index contributed by atoms with van der Waals surface area (Å²) in [4.78, 5) is 10.8. The average Bonchev–Trinajstić information content (AvgIpc) is 2.51. The lowest BCUT2D eigenvalue weighted by Crippen LogP contribution is -1.96.